The van der Waals surface area contributed by atoms with Crippen LogP contribution in [-0.2, 0) is 9.47 Å². The van der Waals surface area contributed by atoms with Crippen molar-refractivity contribution < 1.29 is 9.47 Å². The third-order valence-corrected chi connectivity index (χ3v) is 3.11. The summed E-state index contributed by atoms with van der Waals surface area (Å²) in [7, 11) is 0. The molecule has 2 aliphatic rings. The summed E-state index contributed by atoms with van der Waals surface area (Å²) < 4.78 is 11.6. The van der Waals surface area contributed by atoms with Crippen LogP contribution in [0, 0.1) is 0 Å². The highest BCUT2D eigenvalue weighted by Crippen LogP contribution is 2.31. The molecule has 0 spiro atoms. The second-order valence-electron chi connectivity index (χ2n) is 5.26. The van der Waals surface area contributed by atoms with Crippen LogP contribution in [0.25, 0.3) is 0 Å². The fraction of sp³-hybridized carbons (Fsp3) is 1.00. The summed E-state index contributed by atoms with van der Waals surface area (Å²) in [5.41, 5.74) is -0.195. The van der Waals surface area contributed by atoms with Crippen molar-refractivity contribution in [2.75, 3.05) is 13.2 Å². The summed E-state index contributed by atoms with van der Waals surface area (Å²) in [6.45, 7) is 8.09. The van der Waals surface area contributed by atoms with Crippen molar-refractivity contribution in [2.45, 2.75) is 57.4 Å². The first kappa shape index (κ1) is 13.2. The van der Waals surface area contributed by atoms with Crippen LogP contribution in [0.1, 0.15) is 40.0 Å². The first-order chi connectivity index (χ1) is 6.52. The van der Waals surface area contributed by atoms with Crippen LogP contribution in [0.3, 0.4) is 0 Å². The number of ether oxygens (including phenoxy) is 2. The van der Waals surface area contributed by atoms with Crippen LogP contribution in [0.5, 0.6) is 0 Å². The van der Waals surface area contributed by atoms with Gasteiger partial charge in [-0.1, -0.05) is 0 Å². The molecule has 4 heteroatoms. The van der Waals surface area contributed by atoms with Crippen LogP contribution >= 0.6 is 12.4 Å². The minimum Gasteiger partial charge on any atom is -0.374 e. The Morgan fingerprint density at radius 3 is 2.40 bits per heavy atom. The molecular weight excluding hydrogens is 214 g/mol. The second-order valence-corrected chi connectivity index (χ2v) is 5.26. The van der Waals surface area contributed by atoms with Gasteiger partial charge in [-0.05, 0) is 40.0 Å². The largest absolute Gasteiger partial charge is 0.374 e. The van der Waals surface area contributed by atoms with Gasteiger partial charge in [0.15, 0.2) is 0 Å². The molecule has 2 aliphatic heterocycles. The molecule has 2 unspecified atom stereocenters. The molecular formula is C11H22ClNO2. The van der Waals surface area contributed by atoms with Crippen LogP contribution in [0.4, 0.5) is 0 Å². The molecule has 1 N–H and O–H groups in total. The summed E-state index contributed by atoms with van der Waals surface area (Å²) in [4.78, 5) is 0. The van der Waals surface area contributed by atoms with Gasteiger partial charge in [0.2, 0.25) is 0 Å². The minimum absolute atomic E-state index is 0. The molecule has 2 rings (SSSR count). The monoisotopic (exact) mass is 235 g/mol. The fourth-order valence-corrected chi connectivity index (χ4v) is 2.42. The lowest BCUT2D eigenvalue weighted by Gasteiger charge is -2.37. The topological polar surface area (TPSA) is 30.5 Å². The molecule has 0 aromatic carbocycles. The Balaban J connectivity index is 0.00000112. The van der Waals surface area contributed by atoms with Crippen molar-refractivity contribution in [2.24, 2.45) is 0 Å². The molecule has 2 fully saturated rings. The van der Waals surface area contributed by atoms with Crippen LogP contribution in [0.2, 0.25) is 0 Å². The number of nitrogens with one attached hydrogen (secondary N) is 1. The highest BCUT2D eigenvalue weighted by atomic mass is 35.5. The lowest BCUT2D eigenvalue weighted by molar-refractivity contribution is -0.135. The highest BCUT2D eigenvalue weighted by Gasteiger charge is 2.46. The molecule has 0 aliphatic carbocycles. The highest BCUT2D eigenvalue weighted by molar-refractivity contribution is 5.85. The fourth-order valence-electron chi connectivity index (χ4n) is 2.42. The molecule has 0 aromatic rings. The van der Waals surface area contributed by atoms with Crippen molar-refractivity contribution >= 4 is 12.4 Å². The van der Waals surface area contributed by atoms with Crippen molar-refractivity contribution in [3.05, 3.63) is 0 Å². The third kappa shape index (κ3) is 2.84. The van der Waals surface area contributed by atoms with Crippen LogP contribution in [-0.4, -0.2) is 30.6 Å². The Hall–Kier alpha value is 0.170. The summed E-state index contributed by atoms with van der Waals surface area (Å²) >= 11 is 0. The summed E-state index contributed by atoms with van der Waals surface area (Å²) in [5, 5.41) is 3.53. The zero-order chi connectivity index (χ0) is 10.2. The van der Waals surface area contributed by atoms with E-state index in [1.807, 2.05) is 0 Å². The maximum atomic E-state index is 5.86. The number of hydrogen-bond donors (Lipinski definition) is 1. The average molecular weight is 236 g/mol. The van der Waals surface area contributed by atoms with Gasteiger partial charge in [0, 0.05) is 12.1 Å². The van der Waals surface area contributed by atoms with E-state index in [4.69, 9.17) is 9.47 Å². The number of rotatable bonds is 1. The summed E-state index contributed by atoms with van der Waals surface area (Å²) in [6.07, 6.45) is 3.78. The normalized spacial score (nSPS) is 39.8. The third-order valence-electron chi connectivity index (χ3n) is 3.11. The van der Waals surface area contributed by atoms with Gasteiger partial charge in [-0.2, -0.15) is 0 Å². The van der Waals surface area contributed by atoms with Crippen molar-refractivity contribution in [3.8, 4) is 0 Å². The summed E-state index contributed by atoms with van der Waals surface area (Å²) in [6, 6.07) is 0. The molecule has 0 radical (unpaired) electrons. The van der Waals surface area contributed by atoms with Gasteiger partial charge >= 0.3 is 0 Å². The van der Waals surface area contributed by atoms with Gasteiger partial charge in [-0.15, -0.1) is 12.4 Å². The Morgan fingerprint density at radius 1 is 1.20 bits per heavy atom. The summed E-state index contributed by atoms with van der Waals surface area (Å²) in [5.74, 6) is 0. The maximum Gasteiger partial charge on any atom is 0.143 e. The Bertz CT molecular complexity index is 217. The van der Waals surface area contributed by atoms with E-state index in [-0.39, 0.29) is 29.8 Å². The van der Waals surface area contributed by atoms with Gasteiger partial charge < -0.3 is 9.47 Å². The molecule has 3 nitrogen and oxygen atoms in total. The maximum absolute atomic E-state index is 5.86. The first-order valence-electron chi connectivity index (χ1n) is 5.57. The molecule has 0 bridgehead atoms. The Labute approximate surface area is 98.3 Å². The van der Waals surface area contributed by atoms with Gasteiger partial charge in [0.1, 0.15) is 5.72 Å². The zero-order valence-corrected chi connectivity index (χ0v) is 10.7. The molecule has 2 saturated heterocycles. The molecule has 0 amide bonds. The molecule has 0 saturated carbocycles. The minimum atomic E-state index is -0.274. The molecule has 2 atom stereocenters. The first-order valence-corrected chi connectivity index (χ1v) is 5.57. The standard InChI is InChI=1S/C11H21NO2.ClH/c1-10(2)8-14-11(3,12-10)9-6-4-5-7-13-9;/h9,12H,4-8H2,1-3H3;1H. The Kier molecular flexibility index (Phi) is 4.04. The molecule has 15 heavy (non-hydrogen) atoms. The SMILES string of the molecule is CC1(C)COC(C)(C2CCCCO2)N1.Cl. The van der Waals surface area contributed by atoms with Crippen LogP contribution < -0.4 is 5.32 Å². The van der Waals surface area contributed by atoms with E-state index in [0.29, 0.717) is 0 Å². The van der Waals surface area contributed by atoms with Gasteiger partial charge in [-0.3, -0.25) is 5.32 Å². The molecule has 2 heterocycles. The zero-order valence-electron chi connectivity index (χ0n) is 9.84. The van der Waals surface area contributed by atoms with Crippen molar-refractivity contribution in [3.63, 3.8) is 0 Å². The smallest absolute Gasteiger partial charge is 0.143 e. The number of halogens is 1. The number of hydrogen-bond acceptors (Lipinski definition) is 3. The average Bonchev–Trinajstić information content (AvgIpc) is 2.44. The van der Waals surface area contributed by atoms with E-state index < -0.39 is 0 Å². The predicted octanol–water partition coefficient (Wildman–Crippen LogP) is 2.09. The van der Waals surface area contributed by atoms with E-state index >= 15 is 0 Å². The van der Waals surface area contributed by atoms with Crippen LogP contribution in [0.15, 0.2) is 0 Å². The lowest BCUT2D eigenvalue weighted by Crippen LogP contribution is -2.55. The predicted molar refractivity (Wildman–Crippen MR) is 62.4 cm³/mol. The molecule has 90 valence electrons. The van der Waals surface area contributed by atoms with Gasteiger partial charge in [-0.25, -0.2) is 0 Å². The quantitative estimate of drug-likeness (QED) is 0.755. The van der Waals surface area contributed by atoms with E-state index in [2.05, 4.69) is 26.1 Å². The van der Waals surface area contributed by atoms with E-state index in [9.17, 15) is 0 Å². The van der Waals surface area contributed by atoms with Crippen molar-refractivity contribution in [1.82, 2.24) is 5.32 Å². The Morgan fingerprint density at radius 2 is 1.93 bits per heavy atom. The van der Waals surface area contributed by atoms with E-state index in [0.717, 1.165) is 19.6 Å². The molecule has 0 aromatic heterocycles. The lowest BCUT2D eigenvalue weighted by atomic mass is 9.98. The van der Waals surface area contributed by atoms with Crippen molar-refractivity contribution in [1.29, 1.82) is 0 Å². The van der Waals surface area contributed by atoms with E-state index in [1.54, 1.807) is 0 Å². The van der Waals surface area contributed by atoms with Gasteiger partial charge in [0.05, 0.1) is 12.7 Å². The van der Waals surface area contributed by atoms with Gasteiger partial charge in [0.25, 0.3) is 0 Å². The second kappa shape index (κ2) is 4.58. The van der Waals surface area contributed by atoms with E-state index in [1.165, 1.54) is 12.8 Å².